The first-order chi connectivity index (χ1) is 13.4. The normalized spacial score (nSPS) is 29.0. The van der Waals surface area contributed by atoms with Gasteiger partial charge in [-0.2, -0.15) is 0 Å². The Morgan fingerprint density at radius 2 is 1.93 bits per heavy atom. The van der Waals surface area contributed by atoms with Crippen LogP contribution in [-0.2, 0) is 6.54 Å². The predicted octanol–water partition coefficient (Wildman–Crippen LogP) is 2.43. The molecule has 0 radical (unpaired) electrons. The maximum absolute atomic E-state index is 11.6. The lowest BCUT2D eigenvalue weighted by Crippen LogP contribution is -2.64. The molecule has 9 heteroatoms. The Bertz CT molecular complexity index is 775. The Morgan fingerprint density at radius 3 is 2.57 bits per heavy atom. The molecule has 1 aliphatic carbocycles. The number of benzene rings is 1. The molecule has 0 amide bonds. The first-order valence-corrected chi connectivity index (χ1v) is 10.4. The maximum Gasteiger partial charge on any atom is 0.301 e. The fourth-order valence-corrected chi connectivity index (χ4v) is 4.36. The van der Waals surface area contributed by atoms with Gasteiger partial charge < -0.3 is 16.4 Å². The second kappa shape index (κ2) is 9.02. The fraction of sp³-hybridized carbons (Fsp3) is 0.526. The molecule has 152 valence electrons. The molecule has 6 N–H and O–H groups in total. The molecule has 1 aromatic carbocycles. The van der Waals surface area contributed by atoms with Gasteiger partial charge in [-0.1, -0.05) is 34.1 Å². The van der Waals surface area contributed by atoms with Gasteiger partial charge in [0.15, 0.2) is 11.6 Å². The maximum atomic E-state index is 11.6. The third kappa shape index (κ3) is 4.89. The Balaban J connectivity index is 1.73. The Hall–Kier alpha value is -1.97. The molecule has 3 rings (SSSR count). The Labute approximate surface area is 173 Å². The average molecular weight is 451 g/mol. The molecule has 0 aromatic heterocycles. The minimum atomic E-state index is -1.25. The number of hydrogen-bond donors (Lipinski definition) is 4. The SMILES string of the molecule is NCC1CCC(CC2(N)NC(=NCc3ccccc3Br)NC=C2[N+](=O)[O-])CC1. The molecule has 1 atom stereocenters. The van der Waals surface area contributed by atoms with Crippen LogP contribution in [-0.4, -0.2) is 23.1 Å². The minimum absolute atomic E-state index is 0.0618. The summed E-state index contributed by atoms with van der Waals surface area (Å²) in [7, 11) is 0. The van der Waals surface area contributed by atoms with E-state index in [4.69, 9.17) is 11.5 Å². The molecular formula is C19H27BrN6O2. The second-order valence-corrected chi connectivity index (χ2v) is 8.46. The van der Waals surface area contributed by atoms with Gasteiger partial charge in [0.2, 0.25) is 0 Å². The van der Waals surface area contributed by atoms with Crippen LogP contribution in [0.2, 0.25) is 0 Å². The summed E-state index contributed by atoms with van der Waals surface area (Å²) in [4.78, 5) is 15.7. The number of halogens is 1. The average Bonchev–Trinajstić information content (AvgIpc) is 2.67. The zero-order valence-electron chi connectivity index (χ0n) is 15.7. The molecule has 0 bridgehead atoms. The number of nitrogens with one attached hydrogen (secondary N) is 2. The Kier molecular flexibility index (Phi) is 6.69. The van der Waals surface area contributed by atoms with Crippen molar-refractivity contribution in [3.63, 3.8) is 0 Å². The predicted molar refractivity (Wildman–Crippen MR) is 113 cm³/mol. The van der Waals surface area contributed by atoms with E-state index in [0.29, 0.717) is 37.3 Å². The van der Waals surface area contributed by atoms with Gasteiger partial charge in [0.25, 0.3) is 0 Å². The van der Waals surface area contributed by atoms with Crippen LogP contribution >= 0.6 is 15.9 Å². The third-order valence-corrected chi connectivity index (χ3v) is 6.39. The largest absolute Gasteiger partial charge is 0.330 e. The molecular weight excluding hydrogens is 424 g/mol. The summed E-state index contributed by atoms with van der Waals surface area (Å²) in [5, 5.41) is 17.5. The van der Waals surface area contributed by atoms with E-state index in [2.05, 4.69) is 31.6 Å². The van der Waals surface area contributed by atoms with Gasteiger partial charge in [0.05, 0.1) is 17.7 Å². The van der Waals surface area contributed by atoms with Gasteiger partial charge in [-0.25, -0.2) is 4.99 Å². The third-order valence-electron chi connectivity index (χ3n) is 5.62. The van der Waals surface area contributed by atoms with Crippen molar-refractivity contribution >= 4 is 21.9 Å². The van der Waals surface area contributed by atoms with Crippen LogP contribution in [0, 0.1) is 22.0 Å². The van der Waals surface area contributed by atoms with Crippen LogP contribution in [0.4, 0.5) is 0 Å². The summed E-state index contributed by atoms with van der Waals surface area (Å²) in [6, 6.07) is 7.81. The summed E-state index contributed by atoms with van der Waals surface area (Å²) >= 11 is 3.50. The van der Waals surface area contributed by atoms with Crippen molar-refractivity contribution in [3.8, 4) is 0 Å². The van der Waals surface area contributed by atoms with Gasteiger partial charge in [0.1, 0.15) is 0 Å². The molecule has 1 saturated carbocycles. The summed E-state index contributed by atoms with van der Waals surface area (Å²) in [6.07, 6.45) is 5.94. The lowest BCUT2D eigenvalue weighted by molar-refractivity contribution is -0.437. The summed E-state index contributed by atoms with van der Waals surface area (Å²) in [5.74, 6) is 1.32. The van der Waals surface area contributed by atoms with Gasteiger partial charge in [-0.3, -0.25) is 15.8 Å². The van der Waals surface area contributed by atoms with Gasteiger partial charge in [0, 0.05) is 4.47 Å². The van der Waals surface area contributed by atoms with E-state index < -0.39 is 10.6 Å². The van der Waals surface area contributed by atoms with Crippen molar-refractivity contribution in [3.05, 3.63) is 56.3 Å². The number of nitrogens with zero attached hydrogens (tertiary/aromatic N) is 2. The zero-order chi connectivity index (χ0) is 20.1. The minimum Gasteiger partial charge on any atom is -0.330 e. The lowest BCUT2D eigenvalue weighted by Gasteiger charge is -2.37. The summed E-state index contributed by atoms with van der Waals surface area (Å²) in [6.45, 7) is 1.13. The number of hydrogen-bond acceptors (Lipinski definition) is 5. The van der Waals surface area contributed by atoms with Gasteiger partial charge in [-0.15, -0.1) is 0 Å². The smallest absolute Gasteiger partial charge is 0.301 e. The molecule has 0 saturated heterocycles. The molecule has 28 heavy (non-hydrogen) atoms. The number of nitro groups is 1. The van der Waals surface area contributed by atoms with Crippen LogP contribution < -0.4 is 22.1 Å². The van der Waals surface area contributed by atoms with E-state index in [-0.39, 0.29) is 5.70 Å². The van der Waals surface area contributed by atoms with E-state index in [1.54, 1.807) is 0 Å². The highest BCUT2D eigenvalue weighted by molar-refractivity contribution is 9.10. The van der Waals surface area contributed by atoms with E-state index in [1.165, 1.54) is 6.20 Å². The van der Waals surface area contributed by atoms with Crippen LogP contribution in [0.25, 0.3) is 0 Å². The van der Waals surface area contributed by atoms with Crippen LogP contribution in [0.15, 0.2) is 45.6 Å². The number of guanidine groups is 1. The van der Waals surface area contributed by atoms with Crippen molar-refractivity contribution < 1.29 is 4.92 Å². The van der Waals surface area contributed by atoms with Crippen molar-refractivity contribution in [1.82, 2.24) is 10.6 Å². The first kappa shape index (κ1) is 20.8. The standard InChI is InChI=1S/C19H27BrN6O2/c20-16-4-2-1-3-15(16)11-23-18-24-12-17(26(27)28)19(22,25-18)9-13-5-7-14(10-21)8-6-13/h1-4,12-14H,5-11,21-22H2,(H2,23,24,25). The number of aliphatic imine (C=N–C) groups is 1. The molecule has 8 nitrogen and oxygen atoms in total. The lowest BCUT2D eigenvalue weighted by atomic mass is 9.77. The highest BCUT2D eigenvalue weighted by Crippen LogP contribution is 2.34. The van der Waals surface area contributed by atoms with E-state index in [0.717, 1.165) is 35.7 Å². The molecule has 1 aliphatic heterocycles. The fourth-order valence-electron chi connectivity index (χ4n) is 3.95. The van der Waals surface area contributed by atoms with Crippen molar-refractivity contribution in [2.24, 2.45) is 28.3 Å². The van der Waals surface area contributed by atoms with Crippen molar-refractivity contribution in [2.45, 2.75) is 44.3 Å². The molecule has 1 fully saturated rings. The molecule has 1 aromatic rings. The Morgan fingerprint density at radius 1 is 1.25 bits per heavy atom. The first-order valence-electron chi connectivity index (χ1n) is 9.58. The molecule has 0 spiro atoms. The molecule has 1 heterocycles. The zero-order valence-corrected chi connectivity index (χ0v) is 17.3. The van der Waals surface area contributed by atoms with Crippen molar-refractivity contribution in [2.75, 3.05) is 6.54 Å². The molecule has 2 aliphatic rings. The van der Waals surface area contributed by atoms with Crippen LogP contribution in [0.3, 0.4) is 0 Å². The number of rotatable bonds is 6. The van der Waals surface area contributed by atoms with E-state index in [1.807, 2.05) is 24.3 Å². The topological polar surface area (TPSA) is 132 Å². The second-order valence-electron chi connectivity index (χ2n) is 7.61. The van der Waals surface area contributed by atoms with Gasteiger partial charge >= 0.3 is 5.70 Å². The van der Waals surface area contributed by atoms with Crippen LogP contribution in [0.5, 0.6) is 0 Å². The number of nitrogens with two attached hydrogens (primary N) is 2. The summed E-state index contributed by atoms with van der Waals surface area (Å²) < 4.78 is 0.965. The monoisotopic (exact) mass is 450 g/mol. The summed E-state index contributed by atoms with van der Waals surface area (Å²) in [5.41, 5.74) is 12.0. The van der Waals surface area contributed by atoms with Crippen molar-refractivity contribution in [1.29, 1.82) is 0 Å². The van der Waals surface area contributed by atoms with Crippen LogP contribution in [0.1, 0.15) is 37.7 Å². The van der Waals surface area contributed by atoms with E-state index in [9.17, 15) is 10.1 Å². The quantitative estimate of drug-likeness (QED) is 0.388. The highest BCUT2D eigenvalue weighted by atomic mass is 79.9. The highest BCUT2D eigenvalue weighted by Gasteiger charge is 2.44. The van der Waals surface area contributed by atoms with Gasteiger partial charge in [-0.05, 0) is 62.1 Å². The molecule has 1 unspecified atom stereocenters. The van der Waals surface area contributed by atoms with E-state index >= 15 is 0 Å².